The Kier molecular flexibility index (Phi) is 8.92. The van der Waals surface area contributed by atoms with Crippen LogP contribution in [0.15, 0.2) is 30.3 Å². The van der Waals surface area contributed by atoms with Crippen molar-refractivity contribution >= 4 is 34.8 Å². The number of hydrogen-bond donors (Lipinski definition) is 2. The van der Waals surface area contributed by atoms with Crippen LogP contribution in [0.2, 0.25) is 0 Å². The molecule has 0 spiro atoms. The summed E-state index contributed by atoms with van der Waals surface area (Å²) in [7, 11) is 1.63. The Morgan fingerprint density at radius 3 is 2.62 bits per heavy atom. The van der Waals surface area contributed by atoms with Crippen molar-refractivity contribution in [2.24, 2.45) is 0 Å². The lowest BCUT2D eigenvalue weighted by molar-refractivity contribution is -0.115. The molecule has 0 unspecified atom stereocenters. The minimum atomic E-state index is -0.0928. The molecule has 1 aromatic heterocycles. The molecule has 7 heteroatoms. The number of hydrogen-bond acceptors (Lipinski definition) is 5. The fourth-order valence-corrected chi connectivity index (χ4v) is 3.13. The van der Waals surface area contributed by atoms with Crippen molar-refractivity contribution in [3.63, 3.8) is 0 Å². The van der Waals surface area contributed by atoms with Crippen LogP contribution in [0.4, 0.5) is 5.13 Å². The Hall–Kier alpha value is -1.47. The molecule has 1 amide bonds. The smallest absolute Gasteiger partial charge is 0.240 e. The average Bonchev–Trinajstić information content (AvgIpc) is 2.96. The number of aromatic nitrogens is 1. The van der Waals surface area contributed by atoms with Gasteiger partial charge in [0.05, 0.1) is 18.8 Å². The highest BCUT2D eigenvalue weighted by molar-refractivity contribution is 7.16. The molecule has 0 atom stereocenters. The highest BCUT2D eigenvalue weighted by Gasteiger charge is 2.16. The van der Waals surface area contributed by atoms with Crippen LogP contribution < -0.4 is 10.6 Å². The average molecular weight is 370 g/mol. The van der Waals surface area contributed by atoms with E-state index in [9.17, 15) is 4.79 Å². The Bertz CT molecular complexity index is 632. The molecule has 132 valence electrons. The minimum Gasteiger partial charge on any atom is -0.383 e. The summed E-state index contributed by atoms with van der Waals surface area (Å²) in [6.07, 6.45) is 0. The van der Waals surface area contributed by atoms with Gasteiger partial charge in [0.1, 0.15) is 0 Å². The van der Waals surface area contributed by atoms with Gasteiger partial charge in [0.15, 0.2) is 5.13 Å². The van der Waals surface area contributed by atoms with Crippen LogP contribution in [-0.4, -0.2) is 37.7 Å². The fraction of sp³-hybridized carbons (Fsp3) is 0.412. The Morgan fingerprint density at radius 1 is 1.29 bits per heavy atom. The van der Waals surface area contributed by atoms with Gasteiger partial charge in [0.25, 0.3) is 0 Å². The summed E-state index contributed by atoms with van der Waals surface area (Å²) in [6, 6.07) is 10.1. The topological polar surface area (TPSA) is 63.2 Å². The van der Waals surface area contributed by atoms with Crippen molar-refractivity contribution in [3.05, 3.63) is 35.2 Å². The summed E-state index contributed by atoms with van der Waals surface area (Å²) < 4.78 is 4.93. The van der Waals surface area contributed by atoms with E-state index in [2.05, 4.69) is 29.5 Å². The van der Waals surface area contributed by atoms with Crippen molar-refractivity contribution in [2.45, 2.75) is 19.8 Å². The van der Waals surface area contributed by atoms with E-state index in [0.29, 0.717) is 24.2 Å². The lowest BCUT2D eigenvalue weighted by atomic mass is 10.1. The molecule has 0 radical (unpaired) electrons. The van der Waals surface area contributed by atoms with E-state index in [-0.39, 0.29) is 24.9 Å². The van der Waals surface area contributed by atoms with Crippen LogP contribution in [-0.2, 0) is 9.53 Å². The molecule has 0 fully saturated rings. The van der Waals surface area contributed by atoms with Gasteiger partial charge >= 0.3 is 0 Å². The van der Waals surface area contributed by atoms with E-state index >= 15 is 0 Å². The maximum Gasteiger partial charge on any atom is 0.240 e. The van der Waals surface area contributed by atoms with Gasteiger partial charge in [-0.05, 0) is 5.92 Å². The number of ether oxygens (including phenoxy) is 1. The van der Waals surface area contributed by atoms with Crippen molar-refractivity contribution in [1.29, 1.82) is 0 Å². The normalized spacial score (nSPS) is 10.5. The molecule has 0 saturated heterocycles. The number of nitrogens with zero attached hydrogens (tertiary/aromatic N) is 1. The highest BCUT2D eigenvalue weighted by atomic mass is 35.5. The SMILES string of the molecule is COCCNCC(=O)Nc1nc(-c2ccccc2)c(C(C)C)s1.Cl. The number of thiazole rings is 1. The zero-order chi connectivity index (χ0) is 16.7. The Labute approximate surface area is 153 Å². The first-order valence-corrected chi connectivity index (χ1v) is 8.49. The van der Waals surface area contributed by atoms with Gasteiger partial charge in [-0.15, -0.1) is 23.7 Å². The number of methoxy groups -OCH3 is 1. The molecule has 1 aromatic carbocycles. The predicted octanol–water partition coefficient (Wildman–Crippen LogP) is 3.53. The molecular weight excluding hydrogens is 346 g/mol. The first-order chi connectivity index (χ1) is 11.1. The Morgan fingerprint density at radius 2 is 2.00 bits per heavy atom. The van der Waals surface area contributed by atoms with Crippen LogP contribution in [0.5, 0.6) is 0 Å². The number of amides is 1. The van der Waals surface area contributed by atoms with E-state index in [1.807, 2.05) is 30.3 Å². The zero-order valence-electron chi connectivity index (χ0n) is 14.2. The molecule has 2 rings (SSSR count). The fourth-order valence-electron chi connectivity index (χ4n) is 2.12. The zero-order valence-corrected chi connectivity index (χ0v) is 15.8. The van der Waals surface area contributed by atoms with Gasteiger partial charge in [0, 0.05) is 24.1 Å². The Balaban J connectivity index is 0.00000288. The van der Waals surface area contributed by atoms with Crippen LogP contribution in [0.3, 0.4) is 0 Å². The van der Waals surface area contributed by atoms with Crippen molar-refractivity contribution in [2.75, 3.05) is 32.1 Å². The van der Waals surface area contributed by atoms with Gasteiger partial charge in [-0.2, -0.15) is 0 Å². The third-order valence-corrected chi connectivity index (χ3v) is 4.51. The molecule has 0 aliphatic carbocycles. The summed E-state index contributed by atoms with van der Waals surface area (Å²) in [5, 5.41) is 6.54. The quantitative estimate of drug-likeness (QED) is 0.699. The number of anilines is 1. The van der Waals surface area contributed by atoms with Crippen molar-refractivity contribution < 1.29 is 9.53 Å². The second-order valence-corrected chi connectivity index (χ2v) is 6.50. The second kappa shape index (κ2) is 10.4. The third kappa shape index (κ3) is 5.87. The van der Waals surface area contributed by atoms with Gasteiger partial charge in [-0.25, -0.2) is 4.98 Å². The molecular formula is C17H24ClN3O2S. The molecule has 5 nitrogen and oxygen atoms in total. The lowest BCUT2D eigenvalue weighted by Gasteiger charge is -2.04. The standard InChI is InChI=1S/C17H23N3O2S.ClH/c1-12(2)16-15(13-7-5-4-6-8-13)20-17(23-16)19-14(21)11-18-9-10-22-3;/h4-8,12,18H,9-11H2,1-3H3,(H,19,20,21);1H. The number of nitrogens with one attached hydrogen (secondary N) is 2. The second-order valence-electron chi connectivity index (χ2n) is 5.47. The van der Waals surface area contributed by atoms with E-state index < -0.39 is 0 Å². The molecule has 1 heterocycles. The van der Waals surface area contributed by atoms with Gasteiger partial charge in [-0.3, -0.25) is 4.79 Å². The molecule has 0 aliphatic heterocycles. The van der Waals surface area contributed by atoms with E-state index in [1.54, 1.807) is 7.11 Å². The van der Waals surface area contributed by atoms with Gasteiger partial charge in [-0.1, -0.05) is 44.2 Å². The van der Waals surface area contributed by atoms with E-state index in [4.69, 9.17) is 4.74 Å². The van der Waals surface area contributed by atoms with E-state index in [0.717, 1.165) is 11.3 Å². The number of halogens is 1. The monoisotopic (exact) mass is 369 g/mol. The predicted molar refractivity (Wildman–Crippen MR) is 102 cm³/mol. The van der Waals surface area contributed by atoms with Crippen LogP contribution in [0.25, 0.3) is 11.3 Å². The number of carbonyl (C=O) groups is 1. The summed E-state index contributed by atoms with van der Waals surface area (Å²) in [5.41, 5.74) is 2.03. The highest BCUT2D eigenvalue weighted by Crippen LogP contribution is 2.35. The first kappa shape index (κ1) is 20.6. The van der Waals surface area contributed by atoms with Crippen LogP contribution in [0, 0.1) is 0 Å². The summed E-state index contributed by atoms with van der Waals surface area (Å²) in [5.74, 6) is 0.262. The molecule has 0 bridgehead atoms. The summed E-state index contributed by atoms with van der Waals surface area (Å²) in [4.78, 5) is 17.8. The summed E-state index contributed by atoms with van der Waals surface area (Å²) in [6.45, 7) is 5.75. The van der Waals surface area contributed by atoms with Crippen molar-refractivity contribution in [3.8, 4) is 11.3 Å². The largest absolute Gasteiger partial charge is 0.383 e. The van der Waals surface area contributed by atoms with Gasteiger partial charge in [0.2, 0.25) is 5.91 Å². The molecule has 2 N–H and O–H groups in total. The maximum absolute atomic E-state index is 12.0. The minimum absolute atomic E-state index is 0. The number of benzene rings is 1. The lowest BCUT2D eigenvalue weighted by Crippen LogP contribution is -2.30. The summed E-state index contributed by atoms with van der Waals surface area (Å²) >= 11 is 1.54. The molecule has 0 aliphatic rings. The molecule has 2 aromatic rings. The third-order valence-electron chi connectivity index (χ3n) is 3.24. The molecule has 0 saturated carbocycles. The number of carbonyl (C=O) groups excluding carboxylic acids is 1. The molecule has 24 heavy (non-hydrogen) atoms. The maximum atomic E-state index is 12.0. The van der Waals surface area contributed by atoms with E-state index in [1.165, 1.54) is 16.2 Å². The van der Waals surface area contributed by atoms with Gasteiger partial charge < -0.3 is 15.4 Å². The van der Waals surface area contributed by atoms with Crippen LogP contribution in [0.1, 0.15) is 24.6 Å². The van der Waals surface area contributed by atoms with Crippen molar-refractivity contribution in [1.82, 2.24) is 10.3 Å². The van der Waals surface area contributed by atoms with Crippen LogP contribution >= 0.6 is 23.7 Å². The number of rotatable bonds is 8. The first-order valence-electron chi connectivity index (χ1n) is 7.67.